The second-order valence-electron chi connectivity index (χ2n) is 6.91. The standard InChI is InChI=1S/C17H25N5O2S/c1-17(2,3)12-6-8-13(9-7-12)24-10-14-19-20-16(22(14)18)25-11-15(23)21(4)5/h6-9H,10-11,18H2,1-5H3. The zero-order valence-corrected chi connectivity index (χ0v) is 16.1. The number of nitrogen functional groups attached to an aromatic ring is 1. The van der Waals surface area contributed by atoms with Crippen molar-refractivity contribution >= 4 is 17.7 Å². The molecule has 0 bridgehead atoms. The molecule has 0 spiro atoms. The van der Waals surface area contributed by atoms with Crippen LogP contribution < -0.4 is 10.6 Å². The van der Waals surface area contributed by atoms with E-state index >= 15 is 0 Å². The molecule has 0 aliphatic carbocycles. The normalized spacial score (nSPS) is 11.4. The first-order chi connectivity index (χ1) is 11.7. The molecule has 7 nitrogen and oxygen atoms in total. The van der Waals surface area contributed by atoms with Crippen molar-refractivity contribution < 1.29 is 9.53 Å². The molecule has 2 rings (SSSR count). The molecule has 1 aromatic carbocycles. The summed E-state index contributed by atoms with van der Waals surface area (Å²) in [5.41, 5.74) is 1.35. The van der Waals surface area contributed by atoms with E-state index in [4.69, 9.17) is 10.6 Å². The average Bonchev–Trinajstić information content (AvgIpc) is 2.90. The second kappa shape index (κ2) is 7.77. The molecule has 0 saturated heterocycles. The summed E-state index contributed by atoms with van der Waals surface area (Å²) in [5, 5.41) is 8.52. The van der Waals surface area contributed by atoms with E-state index in [1.807, 2.05) is 12.1 Å². The first kappa shape index (κ1) is 19.1. The van der Waals surface area contributed by atoms with Crippen molar-refractivity contribution in [1.29, 1.82) is 0 Å². The minimum atomic E-state index is -0.00950. The number of ether oxygens (including phenoxy) is 1. The van der Waals surface area contributed by atoms with E-state index in [-0.39, 0.29) is 23.7 Å². The summed E-state index contributed by atoms with van der Waals surface area (Å²) in [6.07, 6.45) is 0. The largest absolute Gasteiger partial charge is 0.486 e. The van der Waals surface area contributed by atoms with E-state index in [0.29, 0.717) is 11.0 Å². The Morgan fingerprint density at radius 3 is 2.44 bits per heavy atom. The zero-order chi connectivity index (χ0) is 18.6. The maximum atomic E-state index is 11.6. The van der Waals surface area contributed by atoms with Crippen LogP contribution in [0.25, 0.3) is 0 Å². The lowest BCUT2D eigenvalue weighted by Crippen LogP contribution is -2.24. The van der Waals surface area contributed by atoms with Crippen molar-refractivity contribution in [3.63, 3.8) is 0 Å². The van der Waals surface area contributed by atoms with Gasteiger partial charge >= 0.3 is 0 Å². The molecule has 0 fully saturated rings. The lowest BCUT2D eigenvalue weighted by molar-refractivity contribution is -0.125. The van der Waals surface area contributed by atoms with Crippen LogP contribution >= 0.6 is 11.8 Å². The molecule has 0 aliphatic rings. The molecule has 2 N–H and O–H groups in total. The molecule has 8 heteroatoms. The van der Waals surface area contributed by atoms with E-state index < -0.39 is 0 Å². The summed E-state index contributed by atoms with van der Waals surface area (Å²) in [7, 11) is 3.42. The highest BCUT2D eigenvalue weighted by molar-refractivity contribution is 7.99. The highest BCUT2D eigenvalue weighted by atomic mass is 32.2. The van der Waals surface area contributed by atoms with E-state index in [2.05, 4.69) is 43.1 Å². The fourth-order valence-corrected chi connectivity index (χ4v) is 2.81. The van der Waals surface area contributed by atoms with Gasteiger partial charge in [0.25, 0.3) is 0 Å². The SMILES string of the molecule is CN(C)C(=O)CSc1nnc(COc2ccc(C(C)(C)C)cc2)n1N. The zero-order valence-electron chi connectivity index (χ0n) is 15.3. The van der Waals surface area contributed by atoms with Crippen molar-refractivity contribution in [2.75, 3.05) is 25.7 Å². The van der Waals surface area contributed by atoms with Crippen LogP contribution in [0.3, 0.4) is 0 Å². The molecule has 2 aromatic rings. The molecule has 136 valence electrons. The number of carbonyl (C=O) groups excluding carboxylic acids is 1. The van der Waals surface area contributed by atoms with Crippen molar-refractivity contribution in [3.05, 3.63) is 35.7 Å². The number of rotatable bonds is 6. The third-order valence-corrected chi connectivity index (χ3v) is 4.57. The van der Waals surface area contributed by atoms with Gasteiger partial charge in [-0.2, -0.15) is 0 Å². The molecular weight excluding hydrogens is 338 g/mol. The second-order valence-corrected chi connectivity index (χ2v) is 7.85. The molecule has 1 amide bonds. The summed E-state index contributed by atoms with van der Waals surface area (Å²) in [4.78, 5) is 13.1. The van der Waals surface area contributed by atoms with Gasteiger partial charge in [0.05, 0.1) is 5.75 Å². The predicted molar refractivity (Wildman–Crippen MR) is 99.1 cm³/mol. The van der Waals surface area contributed by atoms with Crippen molar-refractivity contribution in [1.82, 2.24) is 19.8 Å². The van der Waals surface area contributed by atoms with Crippen LogP contribution in [-0.2, 0) is 16.8 Å². The van der Waals surface area contributed by atoms with E-state index in [0.717, 1.165) is 5.75 Å². The minimum Gasteiger partial charge on any atom is -0.486 e. The van der Waals surface area contributed by atoms with Crippen LogP contribution in [0.5, 0.6) is 5.75 Å². The molecule has 1 heterocycles. The number of hydrogen-bond donors (Lipinski definition) is 1. The Morgan fingerprint density at radius 1 is 1.24 bits per heavy atom. The lowest BCUT2D eigenvalue weighted by atomic mass is 9.87. The average molecular weight is 363 g/mol. The van der Waals surface area contributed by atoms with E-state index in [9.17, 15) is 4.79 Å². The van der Waals surface area contributed by atoms with Gasteiger partial charge < -0.3 is 15.5 Å². The van der Waals surface area contributed by atoms with Crippen molar-refractivity contribution in [2.24, 2.45) is 0 Å². The molecule has 1 aromatic heterocycles. The van der Waals surface area contributed by atoms with Gasteiger partial charge in [-0.25, -0.2) is 4.68 Å². The lowest BCUT2D eigenvalue weighted by Gasteiger charge is -2.19. The van der Waals surface area contributed by atoms with Crippen LogP contribution in [0, 0.1) is 0 Å². The maximum absolute atomic E-state index is 11.6. The van der Waals surface area contributed by atoms with Gasteiger partial charge in [0, 0.05) is 14.1 Å². The minimum absolute atomic E-state index is 0.00950. The third-order valence-electron chi connectivity index (χ3n) is 3.65. The van der Waals surface area contributed by atoms with Gasteiger partial charge in [0.15, 0.2) is 5.82 Å². The Labute approximate surface area is 152 Å². The quantitative estimate of drug-likeness (QED) is 0.624. The Balaban J connectivity index is 1.94. The van der Waals surface area contributed by atoms with Crippen molar-refractivity contribution in [3.8, 4) is 5.75 Å². The summed E-state index contributed by atoms with van der Waals surface area (Å²) < 4.78 is 7.09. The van der Waals surface area contributed by atoms with Gasteiger partial charge in [-0.1, -0.05) is 44.7 Å². The molecule has 25 heavy (non-hydrogen) atoms. The highest BCUT2D eigenvalue weighted by Gasteiger charge is 2.15. The van der Waals surface area contributed by atoms with Crippen molar-refractivity contribution in [2.45, 2.75) is 37.9 Å². The van der Waals surface area contributed by atoms with Crippen LogP contribution in [0.15, 0.2) is 29.4 Å². The number of thioether (sulfide) groups is 1. The summed E-state index contributed by atoms with van der Waals surface area (Å²) >= 11 is 1.25. The van der Waals surface area contributed by atoms with E-state index in [1.54, 1.807) is 14.1 Å². The number of carbonyl (C=O) groups is 1. The van der Waals surface area contributed by atoms with Crippen LogP contribution in [0.2, 0.25) is 0 Å². The van der Waals surface area contributed by atoms with Gasteiger partial charge in [0.2, 0.25) is 11.1 Å². The fourth-order valence-electron chi connectivity index (χ4n) is 1.96. The Kier molecular flexibility index (Phi) is 5.94. The van der Waals surface area contributed by atoms with Crippen LogP contribution in [0.1, 0.15) is 32.2 Å². The molecule has 0 atom stereocenters. The topological polar surface area (TPSA) is 86.3 Å². The number of nitrogens with two attached hydrogens (primary N) is 1. The molecule has 0 unspecified atom stereocenters. The Morgan fingerprint density at radius 2 is 1.88 bits per heavy atom. The Hall–Kier alpha value is -2.22. The fraction of sp³-hybridized carbons (Fsp3) is 0.471. The first-order valence-electron chi connectivity index (χ1n) is 7.94. The van der Waals surface area contributed by atoms with Gasteiger partial charge in [0.1, 0.15) is 12.4 Å². The van der Waals surface area contributed by atoms with Gasteiger partial charge in [-0.15, -0.1) is 10.2 Å². The molecule has 0 aliphatic heterocycles. The smallest absolute Gasteiger partial charge is 0.232 e. The number of nitrogens with zero attached hydrogens (tertiary/aromatic N) is 4. The summed E-state index contributed by atoms with van der Waals surface area (Å²) in [6.45, 7) is 6.71. The summed E-state index contributed by atoms with van der Waals surface area (Å²) in [5.74, 6) is 7.47. The Bertz CT molecular complexity index is 720. The third kappa shape index (κ3) is 5.12. The predicted octanol–water partition coefficient (Wildman–Crippen LogP) is 2.05. The van der Waals surface area contributed by atoms with Gasteiger partial charge in [-0.3, -0.25) is 4.79 Å². The van der Waals surface area contributed by atoms with Crippen LogP contribution in [0.4, 0.5) is 0 Å². The number of hydrogen-bond acceptors (Lipinski definition) is 6. The maximum Gasteiger partial charge on any atom is 0.232 e. The highest BCUT2D eigenvalue weighted by Crippen LogP contribution is 2.24. The molecule has 0 saturated carbocycles. The molecule has 0 radical (unpaired) electrons. The number of aromatic nitrogens is 3. The number of amides is 1. The monoisotopic (exact) mass is 363 g/mol. The van der Waals surface area contributed by atoms with Gasteiger partial charge in [-0.05, 0) is 23.1 Å². The number of benzene rings is 1. The van der Waals surface area contributed by atoms with Crippen LogP contribution in [-0.4, -0.2) is 45.5 Å². The first-order valence-corrected chi connectivity index (χ1v) is 8.92. The summed E-state index contributed by atoms with van der Waals surface area (Å²) in [6, 6.07) is 7.97. The van der Waals surface area contributed by atoms with E-state index in [1.165, 1.54) is 26.9 Å². The molecular formula is C17H25N5O2S.